The van der Waals surface area contributed by atoms with Gasteiger partial charge in [0, 0.05) is 26.2 Å². The second kappa shape index (κ2) is 8.46. The molecular weight excluding hydrogens is 400 g/mol. The molecule has 0 aliphatic carbocycles. The number of thioether (sulfide) groups is 1. The maximum absolute atomic E-state index is 12.9. The monoisotopic (exact) mass is 421 g/mol. The number of aromatic amines is 1. The molecule has 1 aromatic carbocycles. The van der Waals surface area contributed by atoms with Gasteiger partial charge >= 0.3 is 0 Å². The van der Waals surface area contributed by atoms with Gasteiger partial charge < -0.3 is 9.47 Å². The second-order valence-electron chi connectivity index (χ2n) is 6.84. The Balaban J connectivity index is 1.41. The number of nitrogens with one attached hydrogen (secondary N) is 1. The summed E-state index contributed by atoms with van der Waals surface area (Å²) in [6.45, 7) is 5.06. The summed E-state index contributed by atoms with van der Waals surface area (Å²) in [5.74, 6) is -1.18. The molecule has 4 rings (SSSR count). The first-order valence-corrected chi connectivity index (χ1v) is 10.2. The van der Waals surface area contributed by atoms with Crippen LogP contribution in [0.5, 0.6) is 0 Å². The largest absolute Gasteiger partial charge is 0.339 e. The number of aromatic nitrogens is 5. The zero-order valence-electron chi connectivity index (χ0n) is 15.9. The van der Waals surface area contributed by atoms with Crippen LogP contribution < -0.4 is 0 Å². The first-order valence-electron chi connectivity index (χ1n) is 9.27. The Kier molecular flexibility index (Phi) is 5.76. The van der Waals surface area contributed by atoms with Gasteiger partial charge in [-0.25, -0.2) is 9.97 Å². The van der Waals surface area contributed by atoms with Gasteiger partial charge in [0.1, 0.15) is 12.4 Å². The van der Waals surface area contributed by atoms with Crippen LogP contribution in [0.25, 0.3) is 11.0 Å². The number of carbonyl (C=O) groups is 1. The number of alkyl halides is 2. The van der Waals surface area contributed by atoms with Crippen LogP contribution in [0, 0.1) is 6.92 Å². The highest BCUT2D eigenvalue weighted by atomic mass is 32.2. The van der Waals surface area contributed by atoms with E-state index in [0.717, 1.165) is 11.6 Å². The van der Waals surface area contributed by atoms with E-state index in [-0.39, 0.29) is 17.6 Å². The third-order valence-electron chi connectivity index (χ3n) is 4.84. The molecule has 0 atom stereocenters. The topological polar surface area (TPSA) is 82.9 Å². The minimum atomic E-state index is -2.59. The Hall–Kier alpha value is -2.53. The molecule has 1 aliphatic heterocycles. The number of benzene rings is 1. The number of aryl methyl sites for hydroxylation is 1. The lowest BCUT2D eigenvalue weighted by Crippen LogP contribution is -2.49. The smallest absolute Gasteiger partial charge is 0.291 e. The maximum atomic E-state index is 12.9. The molecule has 11 heteroatoms. The Labute approximate surface area is 170 Å². The molecule has 0 unspecified atom stereocenters. The number of nitrogens with zero attached hydrogens (tertiary/aromatic N) is 6. The number of amides is 1. The van der Waals surface area contributed by atoms with Gasteiger partial charge in [0.2, 0.25) is 5.91 Å². The van der Waals surface area contributed by atoms with Gasteiger partial charge in [-0.15, -0.1) is 0 Å². The molecule has 2 aromatic heterocycles. The molecule has 0 spiro atoms. The molecule has 1 saturated heterocycles. The number of para-hydroxylation sites is 2. The molecule has 1 fully saturated rings. The molecule has 0 saturated carbocycles. The first-order chi connectivity index (χ1) is 14.0. The van der Waals surface area contributed by atoms with E-state index in [2.05, 4.69) is 25.1 Å². The van der Waals surface area contributed by atoms with Crippen molar-refractivity contribution in [3.8, 4) is 0 Å². The molecule has 0 bridgehead atoms. The zero-order chi connectivity index (χ0) is 20.4. The number of H-pyrrole nitrogens is 1. The predicted molar refractivity (Wildman–Crippen MR) is 105 cm³/mol. The summed E-state index contributed by atoms with van der Waals surface area (Å²) in [5.41, 5.74) is 1.29. The van der Waals surface area contributed by atoms with E-state index in [0.29, 0.717) is 55.5 Å². The average molecular weight is 421 g/mol. The molecule has 0 radical (unpaired) electrons. The molecule has 29 heavy (non-hydrogen) atoms. The SMILES string of the molecule is Cc1nc(CN2CCN(C(=O)Cn3c(SC(F)F)nc4ccccc43)CC2)n[nH]1. The lowest BCUT2D eigenvalue weighted by atomic mass is 10.3. The van der Waals surface area contributed by atoms with Crippen LogP contribution in [0.3, 0.4) is 0 Å². The van der Waals surface area contributed by atoms with Crippen molar-refractivity contribution >= 4 is 28.7 Å². The van der Waals surface area contributed by atoms with Crippen LogP contribution in [0.1, 0.15) is 11.6 Å². The Morgan fingerprint density at radius 2 is 1.97 bits per heavy atom. The van der Waals surface area contributed by atoms with E-state index in [1.165, 1.54) is 0 Å². The van der Waals surface area contributed by atoms with Gasteiger partial charge in [-0.3, -0.25) is 14.8 Å². The number of halogens is 2. The summed E-state index contributed by atoms with van der Waals surface area (Å²) in [7, 11) is 0. The van der Waals surface area contributed by atoms with Gasteiger partial charge in [0.25, 0.3) is 5.76 Å². The molecular formula is C18H21F2N7OS. The Morgan fingerprint density at radius 3 is 2.66 bits per heavy atom. The molecule has 154 valence electrons. The summed E-state index contributed by atoms with van der Waals surface area (Å²) in [4.78, 5) is 25.4. The normalized spacial score (nSPS) is 15.5. The molecule has 8 nitrogen and oxygen atoms in total. The van der Waals surface area contributed by atoms with Crippen molar-refractivity contribution in [3.05, 3.63) is 35.9 Å². The van der Waals surface area contributed by atoms with Crippen molar-refractivity contribution in [2.24, 2.45) is 0 Å². The van der Waals surface area contributed by atoms with Gasteiger partial charge in [-0.1, -0.05) is 12.1 Å². The summed E-state index contributed by atoms with van der Waals surface area (Å²) < 4.78 is 27.5. The van der Waals surface area contributed by atoms with Gasteiger partial charge in [-0.05, 0) is 30.8 Å². The van der Waals surface area contributed by atoms with Crippen molar-refractivity contribution in [1.82, 2.24) is 34.5 Å². The molecule has 3 heterocycles. The Bertz CT molecular complexity index is 997. The number of fused-ring (bicyclic) bond motifs is 1. The van der Waals surface area contributed by atoms with Crippen LogP contribution in [-0.4, -0.2) is 72.4 Å². The summed E-state index contributed by atoms with van der Waals surface area (Å²) >= 11 is 0.366. The number of hydrogen-bond donors (Lipinski definition) is 1. The summed E-state index contributed by atoms with van der Waals surface area (Å²) in [6, 6.07) is 7.16. The highest BCUT2D eigenvalue weighted by molar-refractivity contribution is 7.99. The molecule has 1 aliphatic rings. The van der Waals surface area contributed by atoms with Crippen LogP contribution in [0.15, 0.2) is 29.4 Å². The van der Waals surface area contributed by atoms with E-state index in [4.69, 9.17) is 0 Å². The zero-order valence-corrected chi connectivity index (χ0v) is 16.7. The number of hydrogen-bond acceptors (Lipinski definition) is 6. The minimum absolute atomic E-state index is 0.00428. The van der Waals surface area contributed by atoms with Crippen LogP contribution in [0.2, 0.25) is 0 Å². The van der Waals surface area contributed by atoms with Crippen LogP contribution >= 0.6 is 11.8 Å². The number of piperazine rings is 1. The Morgan fingerprint density at radius 1 is 1.21 bits per heavy atom. The van der Waals surface area contributed by atoms with Crippen molar-refractivity contribution in [2.45, 2.75) is 30.9 Å². The van der Waals surface area contributed by atoms with Crippen LogP contribution in [0.4, 0.5) is 8.78 Å². The predicted octanol–water partition coefficient (Wildman–Crippen LogP) is 2.12. The quantitative estimate of drug-likeness (QED) is 0.614. The van der Waals surface area contributed by atoms with Gasteiger partial charge in [0.15, 0.2) is 11.0 Å². The third kappa shape index (κ3) is 4.56. The van der Waals surface area contributed by atoms with E-state index in [1.807, 2.05) is 13.0 Å². The standard InChI is InChI=1S/C18H21F2N7OS/c1-12-21-15(24-23-12)10-25-6-8-26(9-7-25)16(28)11-27-14-5-3-2-4-13(14)22-18(27)29-17(19)20/h2-5,17H,6-11H2,1H3,(H,21,23,24). The second-order valence-corrected chi connectivity index (χ2v) is 7.80. The minimum Gasteiger partial charge on any atom is -0.339 e. The lowest BCUT2D eigenvalue weighted by Gasteiger charge is -2.34. The average Bonchev–Trinajstić information content (AvgIpc) is 3.25. The first kappa shape index (κ1) is 19.8. The third-order valence-corrected chi connectivity index (χ3v) is 5.54. The number of carbonyl (C=O) groups excluding carboxylic acids is 1. The number of rotatable bonds is 6. The van der Waals surface area contributed by atoms with E-state index in [9.17, 15) is 13.6 Å². The van der Waals surface area contributed by atoms with Crippen LogP contribution in [-0.2, 0) is 17.9 Å². The van der Waals surface area contributed by atoms with E-state index >= 15 is 0 Å². The van der Waals surface area contributed by atoms with Crippen molar-refractivity contribution < 1.29 is 13.6 Å². The van der Waals surface area contributed by atoms with Crippen molar-refractivity contribution in [3.63, 3.8) is 0 Å². The van der Waals surface area contributed by atoms with Gasteiger partial charge in [-0.2, -0.15) is 13.9 Å². The highest BCUT2D eigenvalue weighted by Gasteiger charge is 2.24. The van der Waals surface area contributed by atoms with E-state index in [1.54, 1.807) is 27.7 Å². The summed E-state index contributed by atoms with van der Waals surface area (Å²) in [6.07, 6.45) is 0. The molecule has 1 N–H and O–H groups in total. The fourth-order valence-electron chi connectivity index (χ4n) is 3.43. The van der Waals surface area contributed by atoms with Crippen molar-refractivity contribution in [1.29, 1.82) is 0 Å². The summed E-state index contributed by atoms with van der Waals surface area (Å²) in [5, 5.41) is 7.13. The maximum Gasteiger partial charge on any atom is 0.291 e. The highest BCUT2D eigenvalue weighted by Crippen LogP contribution is 2.28. The fraction of sp³-hybridized carbons (Fsp3) is 0.444. The van der Waals surface area contributed by atoms with Gasteiger partial charge in [0.05, 0.1) is 17.6 Å². The molecule has 1 amide bonds. The lowest BCUT2D eigenvalue weighted by molar-refractivity contribution is -0.133. The number of imidazole rings is 1. The van der Waals surface area contributed by atoms with E-state index < -0.39 is 5.76 Å². The van der Waals surface area contributed by atoms with Crippen molar-refractivity contribution in [2.75, 3.05) is 26.2 Å². The molecule has 3 aromatic rings. The fourth-order valence-corrected chi connectivity index (χ4v) is 4.03.